The van der Waals surface area contributed by atoms with Crippen molar-refractivity contribution in [3.8, 4) is 0 Å². The van der Waals surface area contributed by atoms with Crippen LogP contribution in [0.4, 0.5) is 11.4 Å². The molecule has 27 heavy (non-hydrogen) atoms. The molecule has 2 aromatic carbocycles. The number of anilines is 2. The summed E-state index contributed by atoms with van der Waals surface area (Å²) >= 11 is 0. The Labute approximate surface area is 155 Å². The molecule has 1 heterocycles. The van der Waals surface area contributed by atoms with Gasteiger partial charge >= 0.3 is 5.97 Å². The molecule has 0 saturated carbocycles. The van der Waals surface area contributed by atoms with Crippen molar-refractivity contribution in [2.75, 3.05) is 10.2 Å². The number of nitrogens with one attached hydrogen (secondary N) is 1. The molecule has 1 N–H and O–H groups in total. The Balaban J connectivity index is 1.89. The summed E-state index contributed by atoms with van der Waals surface area (Å²) in [6.45, 7) is 4.85. The normalized spacial score (nSPS) is 13.0. The van der Waals surface area contributed by atoms with Gasteiger partial charge in [-0.25, -0.2) is 9.69 Å². The number of carbonyl (C=O) groups excluding carboxylic acids is 4. The summed E-state index contributed by atoms with van der Waals surface area (Å²) in [4.78, 5) is 49.6. The highest BCUT2D eigenvalue weighted by Gasteiger charge is 2.37. The second-order valence-corrected chi connectivity index (χ2v) is 6.39. The van der Waals surface area contributed by atoms with Gasteiger partial charge in [-0.05, 0) is 56.3 Å². The molecule has 0 spiro atoms. The van der Waals surface area contributed by atoms with Crippen molar-refractivity contribution in [3.63, 3.8) is 0 Å². The first kappa shape index (κ1) is 18.3. The molecule has 7 heteroatoms. The summed E-state index contributed by atoms with van der Waals surface area (Å²) < 4.78 is 5.13. The van der Waals surface area contributed by atoms with Crippen molar-refractivity contribution < 1.29 is 23.9 Å². The number of hydrogen-bond donors (Lipinski definition) is 1. The quantitative estimate of drug-likeness (QED) is 0.663. The Bertz CT molecular complexity index is 947. The first-order valence-corrected chi connectivity index (χ1v) is 8.39. The number of fused-ring (bicyclic) bond motifs is 1. The van der Waals surface area contributed by atoms with Gasteiger partial charge in [-0.2, -0.15) is 0 Å². The van der Waals surface area contributed by atoms with Gasteiger partial charge in [0.15, 0.2) is 0 Å². The number of esters is 1. The lowest BCUT2D eigenvalue weighted by Crippen LogP contribution is -2.29. The topological polar surface area (TPSA) is 92.8 Å². The summed E-state index contributed by atoms with van der Waals surface area (Å²) in [5, 5.41) is 2.62. The van der Waals surface area contributed by atoms with Crippen molar-refractivity contribution in [1.29, 1.82) is 0 Å². The summed E-state index contributed by atoms with van der Waals surface area (Å²) in [7, 11) is 0. The van der Waals surface area contributed by atoms with Crippen LogP contribution in [0.1, 0.15) is 51.8 Å². The Kier molecular flexibility index (Phi) is 4.77. The van der Waals surface area contributed by atoms with Gasteiger partial charge < -0.3 is 10.1 Å². The predicted molar refractivity (Wildman–Crippen MR) is 98.9 cm³/mol. The number of benzene rings is 2. The van der Waals surface area contributed by atoms with Crippen molar-refractivity contribution in [2.24, 2.45) is 0 Å². The van der Waals surface area contributed by atoms with Crippen LogP contribution in [-0.2, 0) is 9.53 Å². The average molecular weight is 366 g/mol. The lowest BCUT2D eigenvalue weighted by Gasteiger charge is -2.14. The maximum Gasteiger partial charge on any atom is 0.338 e. The molecular formula is C20H18N2O5. The monoisotopic (exact) mass is 366 g/mol. The Morgan fingerprint density at radius 3 is 2.19 bits per heavy atom. The van der Waals surface area contributed by atoms with Crippen molar-refractivity contribution in [1.82, 2.24) is 0 Å². The van der Waals surface area contributed by atoms with Crippen molar-refractivity contribution in [2.45, 2.75) is 26.9 Å². The van der Waals surface area contributed by atoms with Gasteiger partial charge in [0.25, 0.3) is 11.8 Å². The molecule has 138 valence electrons. The van der Waals surface area contributed by atoms with Crippen molar-refractivity contribution >= 4 is 35.1 Å². The second-order valence-electron chi connectivity index (χ2n) is 6.39. The van der Waals surface area contributed by atoms with E-state index in [1.807, 2.05) is 0 Å². The van der Waals surface area contributed by atoms with Gasteiger partial charge in [-0.1, -0.05) is 0 Å². The third kappa shape index (κ3) is 3.57. The predicted octanol–water partition coefficient (Wildman–Crippen LogP) is 3.01. The lowest BCUT2D eigenvalue weighted by molar-refractivity contribution is -0.114. The van der Waals surface area contributed by atoms with Crippen LogP contribution >= 0.6 is 0 Å². The highest BCUT2D eigenvalue weighted by atomic mass is 16.5. The Morgan fingerprint density at radius 2 is 1.59 bits per heavy atom. The van der Waals surface area contributed by atoms with Crippen LogP contribution in [0.25, 0.3) is 0 Å². The smallest absolute Gasteiger partial charge is 0.338 e. The van der Waals surface area contributed by atoms with E-state index in [2.05, 4.69) is 5.32 Å². The third-order valence-corrected chi connectivity index (χ3v) is 3.91. The van der Waals surface area contributed by atoms with Crippen LogP contribution < -0.4 is 10.2 Å². The van der Waals surface area contributed by atoms with Crippen LogP contribution in [0.2, 0.25) is 0 Å². The van der Waals surface area contributed by atoms with E-state index in [1.54, 1.807) is 38.1 Å². The molecule has 3 rings (SSSR count). The highest BCUT2D eigenvalue weighted by molar-refractivity contribution is 6.34. The SMILES string of the molecule is CC(=O)Nc1ccc(N2C(=O)c3ccc(C(=O)OC(C)C)cc3C2=O)cc1. The zero-order valence-corrected chi connectivity index (χ0v) is 15.1. The van der Waals surface area contributed by atoms with E-state index >= 15 is 0 Å². The number of carbonyl (C=O) groups is 4. The molecule has 2 aromatic rings. The second kappa shape index (κ2) is 7.03. The fraction of sp³-hybridized carbons (Fsp3) is 0.200. The fourth-order valence-corrected chi connectivity index (χ4v) is 2.78. The zero-order chi connectivity index (χ0) is 19.7. The average Bonchev–Trinajstić information content (AvgIpc) is 2.85. The van der Waals surface area contributed by atoms with E-state index in [1.165, 1.54) is 25.1 Å². The molecule has 0 aliphatic carbocycles. The molecule has 1 aliphatic heterocycles. The number of imide groups is 1. The van der Waals surface area contributed by atoms with E-state index in [9.17, 15) is 19.2 Å². The van der Waals surface area contributed by atoms with Gasteiger partial charge in [-0.15, -0.1) is 0 Å². The van der Waals surface area contributed by atoms with Crippen LogP contribution in [0.15, 0.2) is 42.5 Å². The molecule has 7 nitrogen and oxygen atoms in total. The summed E-state index contributed by atoms with van der Waals surface area (Å²) in [6, 6.07) is 10.7. The van der Waals surface area contributed by atoms with Gasteiger partial charge in [0, 0.05) is 12.6 Å². The third-order valence-electron chi connectivity index (χ3n) is 3.91. The minimum atomic E-state index is -0.550. The summed E-state index contributed by atoms with van der Waals surface area (Å²) in [6.07, 6.45) is -0.290. The van der Waals surface area contributed by atoms with Crippen LogP contribution in [0.3, 0.4) is 0 Å². The molecule has 0 radical (unpaired) electrons. The number of ether oxygens (including phenoxy) is 1. The first-order valence-electron chi connectivity index (χ1n) is 8.39. The molecule has 0 bridgehead atoms. The van der Waals surface area contributed by atoms with E-state index < -0.39 is 17.8 Å². The Hall–Kier alpha value is -3.48. The lowest BCUT2D eigenvalue weighted by atomic mass is 10.1. The largest absolute Gasteiger partial charge is 0.459 e. The highest BCUT2D eigenvalue weighted by Crippen LogP contribution is 2.30. The molecule has 0 fully saturated rings. The van der Waals surface area contributed by atoms with Gasteiger partial charge in [0.05, 0.1) is 28.5 Å². The van der Waals surface area contributed by atoms with E-state index in [0.29, 0.717) is 11.4 Å². The number of rotatable bonds is 4. The summed E-state index contributed by atoms with van der Waals surface area (Å²) in [5.41, 5.74) is 1.53. The molecule has 0 aromatic heterocycles. The zero-order valence-electron chi connectivity index (χ0n) is 15.1. The van der Waals surface area contributed by atoms with E-state index in [4.69, 9.17) is 4.74 Å². The van der Waals surface area contributed by atoms with Gasteiger partial charge in [0.1, 0.15) is 0 Å². The Morgan fingerprint density at radius 1 is 0.963 bits per heavy atom. The molecule has 0 saturated heterocycles. The fourth-order valence-electron chi connectivity index (χ4n) is 2.78. The standard InChI is InChI=1S/C20H18N2O5/c1-11(2)27-20(26)13-4-9-16-17(10-13)19(25)22(18(16)24)15-7-5-14(6-8-15)21-12(3)23/h4-11H,1-3H3,(H,21,23). The van der Waals surface area contributed by atoms with Crippen LogP contribution in [-0.4, -0.2) is 29.8 Å². The number of amides is 3. The molecule has 0 atom stereocenters. The van der Waals surface area contributed by atoms with Gasteiger partial charge in [0.2, 0.25) is 5.91 Å². The maximum atomic E-state index is 12.8. The number of hydrogen-bond acceptors (Lipinski definition) is 5. The summed E-state index contributed by atoms with van der Waals surface area (Å²) in [5.74, 6) is -1.75. The van der Waals surface area contributed by atoms with E-state index in [-0.39, 0.29) is 28.7 Å². The van der Waals surface area contributed by atoms with Crippen LogP contribution in [0, 0.1) is 0 Å². The molecule has 3 amide bonds. The van der Waals surface area contributed by atoms with Crippen molar-refractivity contribution in [3.05, 3.63) is 59.2 Å². The molecule has 1 aliphatic rings. The maximum absolute atomic E-state index is 12.8. The molecule has 0 unspecified atom stereocenters. The van der Waals surface area contributed by atoms with E-state index in [0.717, 1.165) is 4.90 Å². The van der Waals surface area contributed by atoms with Crippen LogP contribution in [0.5, 0.6) is 0 Å². The minimum absolute atomic E-state index is 0.157. The van der Waals surface area contributed by atoms with Gasteiger partial charge in [-0.3, -0.25) is 14.4 Å². The minimum Gasteiger partial charge on any atom is -0.459 e. The molecular weight excluding hydrogens is 348 g/mol. The number of nitrogens with zero attached hydrogens (tertiary/aromatic N) is 1. The first-order chi connectivity index (χ1) is 12.8.